The summed E-state index contributed by atoms with van der Waals surface area (Å²) in [6, 6.07) is 9.46. The quantitative estimate of drug-likeness (QED) is 0.383. The van der Waals surface area contributed by atoms with Gasteiger partial charge in [0.05, 0.1) is 36.8 Å². The van der Waals surface area contributed by atoms with E-state index in [0.717, 1.165) is 35.8 Å². The lowest BCUT2D eigenvalue weighted by atomic mass is 10.2. The first-order valence-electron chi connectivity index (χ1n) is 11.2. The third-order valence-corrected chi connectivity index (χ3v) is 3.91. The predicted octanol–water partition coefficient (Wildman–Crippen LogP) is 6.43. The summed E-state index contributed by atoms with van der Waals surface area (Å²) >= 11 is 0. The fraction of sp³-hybridized carbons (Fsp3) is 0.480. The lowest BCUT2D eigenvalue weighted by Crippen LogP contribution is -2.06. The van der Waals surface area contributed by atoms with Gasteiger partial charge in [0.25, 0.3) is 0 Å². The Morgan fingerprint density at radius 1 is 0.906 bits per heavy atom. The van der Waals surface area contributed by atoms with Gasteiger partial charge >= 0.3 is 0 Å². The molecule has 0 unspecified atom stereocenters. The minimum absolute atomic E-state index is 0.0694. The smallest absolute Gasteiger partial charge is 0.150 e. The van der Waals surface area contributed by atoms with Crippen LogP contribution in [0.2, 0.25) is 0 Å². The largest absolute Gasteiger partial charge is 0.468 e. The Morgan fingerprint density at radius 2 is 1.34 bits per heavy atom. The van der Waals surface area contributed by atoms with Gasteiger partial charge in [0, 0.05) is 6.07 Å². The first-order valence-corrected chi connectivity index (χ1v) is 11.2. The molecule has 3 heterocycles. The molecule has 0 aliphatic carbocycles. The van der Waals surface area contributed by atoms with Crippen molar-refractivity contribution in [2.75, 3.05) is 0 Å². The van der Waals surface area contributed by atoms with Gasteiger partial charge in [-0.15, -0.1) is 0 Å². The molecule has 0 aliphatic heterocycles. The molecule has 0 saturated carbocycles. The Hall–Kier alpha value is -2.61. The fourth-order valence-electron chi connectivity index (χ4n) is 1.92. The number of nitrogens with zero attached hydrogens (tertiary/aromatic N) is 1. The van der Waals surface area contributed by atoms with Crippen LogP contribution >= 0.6 is 0 Å². The van der Waals surface area contributed by atoms with E-state index >= 15 is 0 Å². The SMILES string of the molecule is CC.CC=CC.CC[C@@H](N)c1ccco1.CC[C@H](N)c1ccco1.Cc1cc(CN)on1. The lowest BCUT2D eigenvalue weighted by Gasteiger charge is -2.01. The van der Waals surface area contributed by atoms with Crippen LogP contribution in [0.5, 0.6) is 0 Å². The average Bonchev–Trinajstić information content (AvgIpc) is 3.63. The minimum atomic E-state index is 0.0694. The molecule has 32 heavy (non-hydrogen) atoms. The van der Waals surface area contributed by atoms with Crippen LogP contribution in [0.15, 0.2) is 68.4 Å². The second-order valence-electron chi connectivity index (χ2n) is 6.37. The molecule has 0 aliphatic rings. The van der Waals surface area contributed by atoms with Gasteiger partial charge in [-0.3, -0.25) is 0 Å². The number of rotatable bonds is 5. The van der Waals surface area contributed by atoms with Crippen molar-refractivity contribution in [3.05, 3.63) is 78.0 Å². The number of nitrogens with two attached hydrogens (primary N) is 3. The van der Waals surface area contributed by atoms with E-state index in [1.165, 1.54) is 0 Å². The zero-order valence-corrected chi connectivity index (χ0v) is 20.9. The van der Waals surface area contributed by atoms with Gasteiger partial charge in [-0.2, -0.15) is 0 Å². The first kappa shape index (κ1) is 31.6. The monoisotopic (exact) mass is 448 g/mol. The molecular weight excluding hydrogens is 404 g/mol. The molecule has 0 saturated heterocycles. The number of furan rings is 2. The summed E-state index contributed by atoms with van der Waals surface area (Å²) in [6.45, 7) is 14.4. The molecule has 6 N–H and O–H groups in total. The molecule has 0 fully saturated rings. The summed E-state index contributed by atoms with van der Waals surface area (Å²) in [7, 11) is 0. The maximum Gasteiger partial charge on any atom is 0.150 e. The summed E-state index contributed by atoms with van der Waals surface area (Å²) in [6.07, 6.45) is 9.14. The van der Waals surface area contributed by atoms with Gasteiger partial charge in [0.15, 0.2) is 5.76 Å². The Kier molecular flexibility index (Phi) is 21.3. The highest BCUT2D eigenvalue weighted by Gasteiger charge is 2.04. The van der Waals surface area contributed by atoms with Gasteiger partial charge in [-0.1, -0.05) is 45.0 Å². The van der Waals surface area contributed by atoms with E-state index in [4.69, 9.17) is 30.6 Å². The van der Waals surface area contributed by atoms with E-state index in [0.29, 0.717) is 6.54 Å². The third kappa shape index (κ3) is 15.2. The lowest BCUT2D eigenvalue weighted by molar-refractivity contribution is 0.381. The van der Waals surface area contributed by atoms with E-state index in [1.807, 2.05) is 91.0 Å². The average molecular weight is 449 g/mol. The number of hydrogen-bond donors (Lipinski definition) is 3. The van der Waals surface area contributed by atoms with Crippen molar-refractivity contribution in [2.24, 2.45) is 17.2 Å². The Morgan fingerprint density at radius 3 is 1.53 bits per heavy atom. The molecule has 0 radical (unpaired) electrons. The standard InChI is InChI=1S/2C7H11NO.C5H8N2O.C4H8.C2H6/c2*1-2-6(8)7-4-3-5-9-7;1-4-2-5(3-6)8-7-4;1-3-4-2;1-2/h2*3-6H,2,8H2,1H3;2H,3,6H2,1H3;3-4H,1-2H3;1-2H3/t2*6-;;;/m10.../s1. The predicted molar refractivity (Wildman–Crippen MR) is 133 cm³/mol. The van der Waals surface area contributed by atoms with Crippen LogP contribution < -0.4 is 17.2 Å². The van der Waals surface area contributed by atoms with Gasteiger partial charge in [0.2, 0.25) is 0 Å². The van der Waals surface area contributed by atoms with Crippen LogP contribution in [0.4, 0.5) is 0 Å². The Balaban J connectivity index is 0. The molecule has 0 amide bonds. The van der Waals surface area contributed by atoms with Crippen molar-refractivity contribution in [2.45, 2.75) is 79.9 Å². The van der Waals surface area contributed by atoms with Crippen LogP contribution in [0, 0.1) is 6.92 Å². The number of hydrogen-bond acceptors (Lipinski definition) is 7. The van der Waals surface area contributed by atoms with E-state index in [2.05, 4.69) is 5.16 Å². The maximum absolute atomic E-state index is 5.64. The van der Waals surface area contributed by atoms with Crippen molar-refractivity contribution in [1.29, 1.82) is 0 Å². The highest BCUT2D eigenvalue weighted by atomic mass is 16.5. The van der Waals surface area contributed by atoms with E-state index in [9.17, 15) is 0 Å². The summed E-state index contributed by atoms with van der Waals surface area (Å²) in [5, 5.41) is 3.63. The summed E-state index contributed by atoms with van der Waals surface area (Å²) in [4.78, 5) is 0. The summed E-state index contributed by atoms with van der Waals surface area (Å²) < 4.78 is 14.9. The molecule has 0 bridgehead atoms. The van der Waals surface area contributed by atoms with Crippen LogP contribution in [-0.2, 0) is 6.54 Å². The molecule has 3 rings (SSSR count). The molecule has 182 valence electrons. The maximum atomic E-state index is 5.64. The van der Waals surface area contributed by atoms with Crippen molar-refractivity contribution in [3.8, 4) is 0 Å². The van der Waals surface area contributed by atoms with E-state index in [-0.39, 0.29) is 12.1 Å². The molecule has 3 aromatic rings. The molecule has 2 atom stereocenters. The van der Waals surface area contributed by atoms with Gasteiger partial charge in [0.1, 0.15) is 11.5 Å². The number of aromatic nitrogens is 1. The van der Waals surface area contributed by atoms with Crippen LogP contribution in [0.25, 0.3) is 0 Å². The van der Waals surface area contributed by atoms with Crippen LogP contribution in [-0.4, -0.2) is 5.16 Å². The Bertz CT molecular complexity index is 706. The van der Waals surface area contributed by atoms with Crippen LogP contribution in [0.3, 0.4) is 0 Å². The Labute approximate surface area is 194 Å². The highest BCUT2D eigenvalue weighted by Crippen LogP contribution is 2.13. The zero-order valence-electron chi connectivity index (χ0n) is 20.9. The first-order chi connectivity index (χ1) is 15.4. The fourth-order valence-corrected chi connectivity index (χ4v) is 1.92. The van der Waals surface area contributed by atoms with Crippen molar-refractivity contribution in [3.63, 3.8) is 0 Å². The van der Waals surface area contributed by atoms with Crippen molar-refractivity contribution in [1.82, 2.24) is 5.16 Å². The van der Waals surface area contributed by atoms with Gasteiger partial charge < -0.3 is 30.6 Å². The molecule has 7 heteroatoms. The van der Waals surface area contributed by atoms with Crippen molar-refractivity contribution < 1.29 is 13.4 Å². The van der Waals surface area contributed by atoms with E-state index in [1.54, 1.807) is 12.5 Å². The minimum Gasteiger partial charge on any atom is -0.468 e. The normalized spacial score (nSPS) is 11.4. The summed E-state index contributed by atoms with van der Waals surface area (Å²) in [5.74, 6) is 2.48. The third-order valence-electron chi connectivity index (χ3n) is 3.91. The summed E-state index contributed by atoms with van der Waals surface area (Å²) in [5.41, 5.74) is 17.4. The van der Waals surface area contributed by atoms with Gasteiger partial charge in [-0.25, -0.2) is 0 Å². The van der Waals surface area contributed by atoms with E-state index < -0.39 is 0 Å². The molecule has 7 nitrogen and oxygen atoms in total. The molecule has 3 aromatic heterocycles. The molecule has 0 aromatic carbocycles. The topological polar surface area (TPSA) is 130 Å². The second-order valence-corrected chi connectivity index (χ2v) is 6.37. The molecular formula is C25H44N4O3. The van der Waals surface area contributed by atoms with Gasteiger partial charge in [-0.05, 0) is 57.9 Å². The number of allylic oxidation sites excluding steroid dienone is 2. The van der Waals surface area contributed by atoms with Crippen molar-refractivity contribution >= 4 is 0 Å². The number of aryl methyl sites for hydroxylation is 1. The highest BCUT2D eigenvalue weighted by molar-refractivity contribution is 5.03. The van der Waals surface area contributed by atoms with Crippen LogP contribution in [0.1, 0.15) is 89.4 Å². The molecule has 0 spiro atoms. The second kappa shape index (κ2) is 21.6. The zero-order chi connectivity index (χ0) is 24.8.